The summed E-state index contributed by atoms with van der Waals surface area (Å²) in [4.78, 5) is 27.4. The van der Waals surface area contributed by atoms with E-state index in [2.05, 4.69) is 12.2 Å². The van der Waals surface area contributed by atoms with Crippen molar-refractivity contribution in [2.75, 3.05) is 13.1 Å². The Kier molecular flexibility index (Phi) is 6.64. The summed E-state index contributed by atoms with van der Waals surface area (Å²) in [6.45, 7) is 3.52. The molecule has 1 heterocycles. The molecule has 2 amide bonds. The van der Waals surface area contributed by atoms with Crippen molar-refractivity contribution in [3.05, 3.63) is 71.8 Å². The Morgan fingerprint density at radius 3 is 2.19 bits per heavy atom. The first kappa shape index (κ1) is 19.2. The Labute approximate surface area is 161 Å². The van der Waals surface area contributed by atoms with Gasteiger partial charge in [0.1, 0.15) is 0 Å². The fraction of sp³-hybridized carbons (Fsp3) is 0.391. The lowest BCUT2D eigenvalue weighted by Crippen LogP contribution is -2.47. The molecule has 1 atom stereocenters. The molecule has 2 aromatic carbocycles. The van der Waals surface area contributed by atoms with Gasteiger partial charge in [-0.3, -0.25) is 9.59 Å². The molecule has 4 heteroatoms. The van der Waals surface area contributed by atoms with Gasteiger partial charge in [0.15, 0.2) is 0 Å². The average molecular weight is 364 g/mol. The van der Waals surface area contributed by atoms with Crippen LogP contribution in [0.25, 0.3) is 0 Å². The van der Waals surface area contributed by atoms with Crippen LogP contribution in [0.4, 0.5) is 0 Å². The van der Waals surface area contributed by atoms with Crippen molar-refractivity contribution < 1.29 is 9.59 Å². The van der Waals surface area contributed by atoms with Crippen molar-refractivity contribution in [3.63, 3.8) is 0 Å². The lowest BCUT2D eigenvalue weighted by molar-refractivity contribution is -0.134. The van der Waals surface area contributed by atoms with Gasteiger partial charge in [0, 0.05) is 24.7 Å². The summed E-state index contributed by atoms with van der Waals surface area (Å²) >= 11 is 0. The highest BCUT2D eigenvalue weighted by Crippen LogP contribution is 2.25. The van der Waals surface area contributed by atoms with Crippen LogP contribution in [-0.4, -0.2) is 35.8 Å². The molecule has 0 saturated carbocycles. The van der Waals surface area contributed by atoms with Gasteiger partial charge < -0.3 is 10.2 Å². The van der Waals surface area contributed by atoms with Crippen LogP contribution in [0, 0.1) is 0 Å². The van der Waals surface area contributed by atoms with Crippen LogP contribution in [0.5, 0.6) is 0 Å². The smallest absolute Gasteiger partial charge is 0.251 e. The molecule has 1 unspecified atom stereocenters. The maximum Gasteiger partial charge on any atom is 0.251 e. The van der Waals surface area contributed by atoms with Crippen LogP contribution in [0.15, 0.2) is 60.7 Å². The Balaban J connectivity index is 1.56. The van der Waals surface area contributed by atoms with E-state index in [-0.39, 0.29) is 23.8 Å². The zero-order chi connectivity index (χ0) is 19.1. The molecule has 3 rings (SSSR count). The van der Waals surface area contributed by atoms with Gasteiger partial charge >= 0.3 is 0 Å². The minimum atomic E-state index is -0.0633. The second-order valence-corrected chi connectivity index (χ2v) is 7.19. The quantitative estimate of drug-likeness (QED) is 0.842. The maximum absolute atomic E-state index is 13.1. The molecule has 1 saturated heterocycles. The Morgan fingerprint density at radius 2 is 1.59 bits per heavy atom. The largest absolute Gasteiger partial charge is 0.349 e. The summed E-state index contributed by atoms with van der Waals surface area (Å²) < 4.78 is 0. The van der Waals surface area contributed by atoms with Gasteiger partial charge in [-0.1, -0.05) is 61.9 Å². The molecule has 0 spiro atoms. The predicted octanol–water partition coefficient (Wildman–Crippen LogP) is 3.99. The first-order valence-corrected chi connectivity index (χ1v) is 9.88. The van der Waals surface area contributed by atoms with Crippen molar-refractivity contribution in [2.24, 2.45) is 0 Å². The van der Waals surface area contributed by atoms with Crippen LogP contribution in [0.2, 0.25) is 0 Å². The van der Waals surface area contributed by atoms with Gasteiger partial charge in [0.05, 0.1) is 5.92 Å². The molecular weight excluding hydrogens is 336 g/mol. The van der Waals surface area contributed by atoms with Gasteiger partial charge in [0.25, 0.3) is 5.91 Å². The molecule has 1 aliphatic heterocycles. The highest BCUT2D eigenvalue weighted by atomic mass is 16.2. The third-order valence-electron chi connectivity index (χ3n) is 5.26. The third kappa shape index (κ3) is 4.97. The molecule has 4 nitrogen and oxygen atoms in total. The number of likely N-dealkylation sites (tertiary alicyclic amines) is 1. The molecule has 27 heavy (non-hydrogen) atoms. The highest BCUT2D eigenvalue weighted by molar-refractivity contribution is 5.94. The van der Waals surface area contributed by atoms with Crippen molar-refractivity contribution in [1.82, 2.24) is 10.2 Å². The summed E-state index contributed by atoms with van der Waals surface area (Å²) in [6, 6.07) is 19.5. The van der Waals surface area contributed by atoms with E-state index in [4.69, 9.17) is 0 Å². The lowest BCUT2D eigenvalue weighted by atomic mass is 9.92. The van der Waals surface area contributed by atoms with Crippen molar-refractivity contribution >= 4 is 11.8 Å². The zero-order valence-electron chi connectivity index (χ0n) is 15.9. The van der Waals surface area contributed by atoms with Gasteiger partial charge in [0.2, 0.25) is 5.91 Å². The molecule has 1 fully saturated rings. The van der Waals surface area contributed by atoms with Gasteiger partial charge in [-0.05, 0) is 37.0 Å². The minimum absolute atomic E-state index is 0.0338. The molecule has 1 aliphatic rings. The maximum atomic E-state index is 13.1. The molecular formula is C23H28N2O2. The highest BCUT2D eigenvalue weighted by Gasteiger charge is 2.29. The summed E-state index contributed by atoms with van der Waals surface area (Å²) in [5, 5.41) is 3.10. The Bertz CT molecular complexity index is 737. The van der Waals surface area contributed by atoms with E-state index >= 15 is 0 Å². The number of amides is 2. The summed E-state index contributed by atoms with van der Waals surface area (Å²) in [7, 11) is 0. The number of nitrogens with one attached hydrogen (secondary N) is 1. The van der Waals surface area contributed by atoms with Crippen LogP contribution >= 0.6 is 0 Å². The molecule has 0 aliphatic carbocycles. The number of carbonyl (C=O) groups is 2. The average Bonchev–Trinajstić information content (AvgIpc) is 2.73. The Hall–Kier alpha value is -2.62. The number of rotatable bonds is 6. The number of piperidine rings is 1. The topological polar surface area (TPSA) is 49.4 Å². The fourth-order valence-corrected chi connectivity index (χ4v) is 3.73. The van der Waals surface area contributed by atoms with Crippen LogP contribution in [0.1, 0.15) is 54.4 Å². The zero-order valence-corrected chi connectivity index (χ0v) is 15.9. The van der Waals surface area contributed by atoms with Gasteiger partial charge in [-0.25, -0.2) is 0 Å². The first-order valence-electron chi connectivity index (χ1n) is 9.88. The van der Waals surface area contributed by atoms with E-state index in [0.717, 1.165) is 31.2 Å². The summed E-state index contributed by atoms with van der Waals surface area (Å²) in [5.74, 6) is 0.121. The van der Waals surface area contributed by atoms with E-state index in [1.165, 1.54) is 0 Å². The number of hydrogen-bond acceptors (Lipinski definition) is 2. The first-order chi connectivity index (χ1) is 13.2. The van der Waals surface area contributed by atoms with Crippen LogP contribution < -0.4 is 5.32 Å². The van der Waals surface area contributed by atoms with E-state index in [9.17, 15) is 9.59 Å². The predicted molar refractivity (Wildman–Crippen MR) is 108 cm³/mol. The Morgan fingerprint density at radius 1 is 1.00 bits per heavy atom. The number of benzene rings is 2. The van der Waals surface area contributed by atoms with Crippen LogP contribution in [0.3, 0.4) is 0 Å². The van der Waals surface area contributed by atoms with E-state index in [1.807, 2.05) is 65.6 Å². The molecule has 2 aromatic rings. The number of carbonyl (C=O) groups excluding carboxylic acids is 2. The molecule has 1 N–H and O–H groups in total. The molecule has 0 aromatic heterocycles. The number of hydrogen-bond donors (Lipinski definition) is 1. The van der Waals surface area contributed by atoms with Crippen LogP contribution in [-0.2, 0) is 4.79 Å². The summed E-state index contributed by atoms with van der Waals surface area (Å²) in [6.07, 6.45) is 3.46. The summed E-state index contributed by atoms with van der Waals surface area (Å²) in [5.41, 5.74) is 1.78. The second kappa shape index (κ2) is 9.36. The van der Waals surface area contributed by atoms with Gasteiger partial charge in [-0.15, -0.1) is 0 Å². The second-order valence-electron chi connectivity index (χ2n) is 7.19. The number of nitrogens with zero attached hydrogens (tertiary/aromatic N) is 1. The monoisotopic (exact) mass is 364 g/mol. The van der Waals surface area contributed by atoms with E-state index in [0.29, 0.717) is 18.7 Å². The SMILES string of the molecule is CCCC(C(=O)N1CCC(NC(=O)c2ccccc2)CC1)c1ccccc1. The molecule has 142 valence electrons. The standard InChI is InChI=1S/C23H28N2O2/c1-2-9-21(18-10-5-3-6-11-18)23(27)25-16-14-20(15-17-25)24-22(26)19-12-7-4-8-13-19/h3-8,10-13,20-21H,2,9,14-17H2,1H3,(H,24,26). The van der Waals surface area contributed by atoms with E-state index in [1.54, 1.807) is 0 Å². The van der Waals surface area contributed by atoms with E-state index < -0.39 is 0 Å². The van der Waals surface area contributed by atoms with Crippen molar-refractivity contribution in [2.45, 2.75) is 44.6 Å². The molecule has 0 bridgehead atoms. The lowest BCUT2D eigenvalue weighted by Gasteiger charge is -2.34. The minimum Gasteiger partial charge on any atom is -0.349 e. The van der Waals surface area contributed by atoms with Crippen molar-refractivity contribution in [1.29, 1.82) is 0 Å². The van der Waals surface area contributed by atoms with Gasteiger partial charge in [-0.2, -0.15) is 0 Å². The fourth-order valence-electron chi connectivity index (χ4n) is 3.73. The normalized spacial score (nSPS) is 16.0. The third-order valence-corrected chi connectivity index (χ3v) is 5.26. The van der Waals surface area contributed by atoms with Crippen molar-refractivity contribution in [3.8, 4) is 0 Å². The molecule has 0 radical (unpaired) electrons.